The summed E-state index contributed by atoms with van der Waals surface area (Å²) in [6.07, 6.45) is 0. The maximum Gasteiger partial charge on any atom is 0.266 e. The second-order valence-corrected chi connectivity index (χ2v) is 9.55. The number of ketones is 1. The normalized spacial score (nSPS) is 17.4. The van der Waals surface area contributed by atoms with Crippen molar-refractivity contribution in [3.63, 3.8) is 0 Å². The van der Waals surface area contributed by atoms with Crippen LogP contribution in [0.1, 0.15) is 15.9 Å². The van der Waals surface area contributed by atoms with E-state index < -0.39 is 15.4 Å². The van der Waals surface area contributed by atoms with Crippen molar-refractivity contribution in [2.24, 2.45) is 0 Å². The van der Waals surface area contributed by atoms with Crippen LogP contribution in [0.2, 0.25) is 0 Å². The highest BCUT2D eigenvalue weighted by atomic mass is 32.2. The minimum Gasteiger partial charge on any atom is -0.497 e. The van der Waals surface area contributed by atoms with Crippen molar-refractivity contribution in [1.29, 1.82) is 0 Å². The van der Waals surface area contributed by atoms with Gasteiger partial charge in [0.25, 0.3) is 10.0 Å². The van der Waals surface area contributed by atoms with Gasteiger partial charge in [0.05, 0.1) is 12.8 Å². The number of fused-ring (bicyclic) bond motifs is 1. The van der Waals surface area contributed by atoms with Crippen LogP contribution < -0.4 is 9.04 Å². The molecule has 1 aliphatic heterocycles. The van der Waals surface area contributed by atoms with Crippen molar-refractivity contribution in [3.8, 4) is 5.75 Å². The summed E-state index contributed by atoms with van der Waals surface area (Å²) in [5.41, 5.74) is 1.82. The predicted octanol–water partition coefficient (Wildman–Crippen LogP) is 4.51. The molecular formula is C22H19NO4S2. The van der Waals surface area contributed by atoms with E-state index in [1.54, 1.807) is 67.8 Å². The molecule has 1 unspecified atom stereocenters. The summed E-state index contributed by atoms with van der Waals surface area (Å²) in [6.45, 7) is 1.90. The van der Waals surface area contributed by atoms with Gasteiger partial charge in [0.2, 0.25) is 0 Å². The predicted molar refractivity (Wildman–Crippen MR) is 114 cm³/mol. The summed E-state index contributed by atoms with van der Waals surface area (Å²) < 4.78 is 33.4. The molecule has 0 fully saturated rings. The van der Waals surface area contributed by atoms with Gasteiger partial charge in [-0.15, -0.1) is 0 Å². The third-order valence-electron chi connectivity index (χ3n) is 4.70. The van der Waals surface area contributed by atoms with Gasteiger partial charge in [0, 0.05) is 10.5 Å². The highest BCUT2D eigenvalue weighted by molar-refractivity contribution is 8.04. The van der Waals surface area contributed by atoms with E-state index in [4.69, 9.17) is 4.74 Å². The second kappa shape index (κ2) is 7.57. The topological polar surface area (TPSA) is 63.7 Å². The molecule has 148 valence electrons. The molecule has 0 saturated heterocycles. The van der Waals surface area contributed by atoms with E-state index >= 15 is 0 Å². The standard InChI is InChI=1S/C22H19NO4S2/c1-15-8-13-20-19(14-15)28-22(21(24)16-9-11-18(27-2)12-10-16)23(29(20,25)26)17-6-4-3-5-7-17/h3-14,22H,1-2H3. The zero-order valence-electron chi connectivity index (χ0n) is 15.9. The maximum absolute atomic E-state index is 13.5. The van der Waals surface area contributed by atoms with Crippen LogP contribution in [-0.4, -0.2) is 26.7 Å². The van der Waals surface area contributed by atoms with Crippen LogP contribution >= 0.6 is 11.8 Å². The number of ether oxygens (including phenoxy) is 1. The molecule has 7 heteroatoms. The molecule has 3 aromatic carbocycles. The molecule has 0 bridgehead atoms. The second-order valence-electron chi connectivity index (χ2n) is 6.65. The number of rotatable bonds is 4. The van der Waals surface area contributed by atoms with Gasteiger partial charge in [-0.25, -0.2) is 12.7 Å². The lowest BCUT2D eigenvalue weighted by Crippen LogP contribution is -2.46. The average Bonchev–Trinajstić information content (AvgIpc) is 2.73. The summed E-state index contributed by atoms with van der Waals surface area (Å²) in [6, 6.07) is 20.6. The van der Waals surface area contributed by atoms with Crippen LogP contribution in [0.25, 0.3) is 0 Å². The first kappa shape index (κ1) is 19.5. The van der Waals surface area contributed by atoms with E-state index in [1.165, 1.54) is 16.1 Å². The molecule has 0 spiro atoms. The highest BCUT2D eigenvalue weighted by Crippen LogP contribution is 2.44. The third-order valence-corrected chi connectivity index (χ3v) is 8.05. The molecule has 0 N–H and O–H groups in total. The van der Waals surface area contributed by atoms with E-state index in [-0.39, 0.29) is 10.7 Å². The molecule has 5 nitrogen and oxygen atoms in total. The lowest BCUT2D eigenvalue weighted by atomic mass is 10.1. The number of para-hydroxylation sites is 1. The number of carbonyl (C=O) groups excluding carboxylic acids is 1. The van der Waals surface area contributed by atoms with E-state index in [1.807, 2.05) is 19.1 Å². The van der Waals surface area contributed by atoms with Crippen molar-refractivity contribution in [1.82, 2.24) is 0 Å². The van der Waals surface area contributed by atoms with Crippen molar-refractivity contribution in [2.45, 2.75) is 22.1 Å². The van der Waals surface area contributed by atoms with Crippen LogP contribution in [0.3, 0.4) is 0 Å². The van der Waals surface area contributed by atoms with Gasteiger partial charge in [-0.3, -0.25) is 4.79 Å². The number of methoxy groups -OCH3 is 1. The molecule has 0 aromatic heterocycles. The van der Waals surface area contributed by atoms with E-state index in [2.05, 4.69) is 0 Å². The Bertz CT molecular complexity index is 1160. The van der Waals surface area contributed by atoms with Crippen molar-refractivity contribution < 1.29 is 17.9 Å². The molecule has 0 amide bonds. The summed E-state index contributed by atoms with van der Waals surface area (Å²) in [5.74, 6) is 0.351. The number of aryl methyl sites for hydroxylation is 1. The Morgan fingerprint density at radius 2 is 1.69 bits per heavy atom. The molecule has 3 aromatic rings. The number of carbonyl (C=O) groups is 1. The molecule has 4 rings (SSSR count). The van der Waals surface area contributed by atoms with Crippen molar-refractivity contribution in [2.75, 3.05) is 11.4 Å². The molecule has 1 atom stereocenters. The largest absolute Gasteiger partial charge is 0.497 e. The Morgan fingerprint density at radius 3 is 2.34 bits per heavy atom. The van der Waals surface area contributed by atoms with Gasteiger partial charge in [-0.05, 0) is 61.0 Å². The van der Waals surface area contributed by atoms with Crippen LogP contribution in [0.15, 0.2) is 82.6 Å². The maximum atomic E-state index is 13.5. The molecule has 1 aliphatic rings. The number of anilines is 1. The Labute approximate surface area is 174 Å². The number of nitrogens with zero attached hydrogens (tertiary/aromatic N) is 1. The van der Waals surface area contributed by atoms with E-state index in [0.717, 1.165) is 5.56 Å². The monoisotopic (exact) mass is 425 g/mol. The number of thioether (sulfide) groups is 1. The van der Waals surface area contributed by atoms with Gasteiger partial charge in [0.1, 0.15) is 10.6 Å². The van der Waals surface area contributed by atoms with Crippen LogP contribution in [0, 0.1) is 6.92 Å². The fraction of sp³-hybridized carbons (Fsp3) is 0.136. The smallest absolute Gasteiger partial charge is 0.266 e. The van der Waals surface area contributed by atoms with Gasteiger partial charge in [0.15, 0.2) is 11.2 Å². The van der Waals surface area contributed by atoms with Crippen LogP contribution in [0.4, 0.5) is 5.69 Å². The first-order valence-electron chi connectivity index (χ1n) is 8.97. The summed E-state index contributed by atoms with van der Waals surface area (Å²) in [5, 5.41) is -0.940. The summed E-state index contributed by atoms with van der Waals surface area (Å²) in [4.78, 5) is 14.2. The Balaban J connectivity index is 1.86. The first-order chi connectivity index (χ1) is 13.9. The molecule has 0 aliphatic carbocycles. The molecule has 1 heterocycles. The van der Waals surface area contributed by atoms with Crippen molar-refractivity contribution >= 4 is 33.3 Å². The fourth-order valence-electron chi connectivity index (χ4n) is 3.23. The zero-order chi connectivity index (χ0) is 20.6. The average molecular weight is 426 g/mol. The van der Waals surface area contributed by atoms with Gasteiger partial charge in [-0.2, -0.15) is 0 Å². The number of hydrogen-bond acceptors (Lipinski definition) is 5. The number of hydrogen-bond donors (Lipinski definition) is 0. The minimum absolute atomic E-state index is 0.218. The van der Waals surface area contributed by atoms with Gasteiger partial charge in [-0.1, -0.05) is 36.0 Å². The summed E-state index contributed by atoms with van der Waals surface area (Å²) in [7, 11) is -2.35. The molecule has 29 heavy (non-hydrogen) atoms. The number of sulfonamides is 1. The zero-order valence-corrected chi connectivity index (χ0v) is 17.5. The van der Waals surface area contributed by atoms with E-state index in [0.29, 0.717) is 21.9 Å². The Hall–Kier alpha value is -2.77. The molecule has 0 saturated carbocycles. The third kappa shape index (κ3) is 3.52. The van der Waals surface area contributed by atoms with Crippen LogP contribution in [0.5, 0.6) is 5.75 Å². The molecule has 0 radical (unpaired) electrons. The number of benzene rings is 3. The van der Waals surface area contributed by atoms with Crippen LogP contribution in [-0.2, 0) is 10.0 Å². The Morgan fingerprint density at radius 1 is 1.00 bits per heavy atom. The highest BCUT2D eigenvalue weighted by Gasteiger charge is 2.43. The van der Waals surface area contributed by atoms with E-state index in [9.17, 15) is 13.2 Å². The first-order valence-corrected chi connectivity index (χ1v) is 11.3. The quantitative estimate of drug-likeness (QED) is 0.576. The summed E-state index contributed by atoms with van der Waals surface area (Å²) >= 11 is 1.26. The van der Waals surface area contributed by atoms with Crippen molar-refractivity contribution in [3.05, 3.63) is 83.9 Å². The lowest BCUT2D eigenvalue weighted by molar-refractivity contribution is 0.0991. The fourth-order valence-corrected chi connectivity index (χ4v) is 6.81. The lowest BCUT2D eigenvalue weighted by Gasteiger charge is -2.36. The minimum atomic E-state index is -3.90. The van der Waals surface area contributed by atoms with Gasteiger partial charge >= 0.3 is 0 Å². The SMILES string of the molecule is COc1ccc(C(=O)C2Sc3cc(C)ccc3S(=O)(=O)N2c2ccccc2)cc1. The molecular weight excluding hydrogens is 406 g/mol. The Kier molecular flexibility index (Phi) is 5.10. The van der Waals surface area contributed by atoms with Gasteiger partial charge < -0.3 is 4.74 Å². The number of Topliss-reactive ketones (excluding diaryl/α,β-unsaturated/α-hetero) is 1.